The second kappa shape index (κ2) is 5.08. The van der Waals surface area contributed by atoms with Crippen molar-refractivity contribution in [2.45, 2.75) is 77.2 Å². The van der Waals surface area contributed by atoms with Crippen LogP contribution >= 0.6 is 0 Å². The molecule has 0 spiro atoms. The van der Waals surface area contributed by atoms with Gasteiger partial charge in [-0.25, -0.2) is 0 Å². The molecule has 94 valence electrons. The van der Waals surface area contributed by atoms with Gasteiger partial charge in [0.15, 0.2) is 0 Å². The van der Waals surface area contributed by atoms with Crippen molar-refractivity contribution in [3.63, 3.8) is 0 Å². The zero-order valence-electron chi connectivity index (χ0n) is 11.0. The van der Waals surface area contributed by atoms with Crippen LogP contribution in [-0.2, 0) is 0 Å². The first-order valence-electron chi connectivity index (χ1n) is 7.36. The van der Waals surface area contributed by atoms with Crippen LogP contribution in [0.3, 0.4) is 0 Å². The summed E-state index contributed by atoms with van der Waals surface area (Å²) in [7, 11) is 0. The van der Waals surface area contributed by atoms with E-state index in [0.29, 0.717) is 5.92 Å². The fourth-order valence-corrected chi connectivity index (χ4v) is 3.95. The zero-order chi connectivity index (χ0) is 11.6. The molecule has 1 nitrogen and oxygen atoms in total. The van der Waals surface area contributed by atoms with Crippen LogP contribution < -0.4 is 0 Å². The molecule has 0 aromatic carbocycles. The highest BCUT2D eigenvalue weighted by atomic mass is 16.3. The van der Waals surface area contributed by atoms with Crippen molar-refractivity contribution in [1.29, 1.82) is 0 Å². The van der Waals surface area contributed by atoms with E-state index in [1.54, 1.807) is 0 Å². The molecule has 2 aliphatic carbocycles. The maximum absolute atomic E-state index is 10.8. The van der Waals surface area contributed by atoms with Crippen LogP contribution in [0, 0.1) is 17.8 Å². The van der Waals surface area contributed by atoms with E-state index in [2.05, 4.69) is 13.8 Å². The van der Waals surface area contributed by atoms with E-state index in [-0.39, 0.29) is 5.60 Å². The first kappa shape index (κ1) is 12.4. The lowest BCUT2D eigenvalue weighted by atomic mass is 9.65. The second-order valence-corrected chi connectivity index (χ2v) is 6.42. The molecule has 2 saturated carbocycles. The second-order valence-electron chi connectivity index (χ2n) is 6.42. The molecular weight excluding hydrogens is 196 g/mol. The Morgan fingerprint density at radius 3 is 2.31 bits per heavy atom. The average molecular weight is 224 g/mol. The van der Waals surface area contributed by atoms with Gasteiger partial charge in [0.2, 0.25) is 0 Å². The summed E-state index contributed by atoms with van der Waals surface area (Å²) in [6.45, 7) is 4.41. The Morgan fingerprint density at radius 2 is 1.75 bits per heavy atom. The van der Waals surface area contributed by atoms with Crippen molar-refractivity contribution < 1.29 is 5.11 Å². The summed E-state index contributed by atoms with van der Waals surface area (Å²) < 4.78 is 0. The largest absolute Gasteiger partial charge is 0.390 e. The lowest BCUT2D eigenvalue weighted by Crippen LogP contribution is -2.43. The molecule has 16 heavy (non-hydrogen) atoms. The SMILES string of the molecule is CCC1CCCCC1C(C)(O)CC1CCC1. The fraction of sp³-hybridized carbons (Fsp3) is 1.00. The molecule has 0 saturated heterocycles. The van der Waals surface area contributed by atoms with Crippen molar-refractivity contribution in [2.24, 2.45) is 17.8 Å². The minimum absolute atomic E-state index is 0.383. The van der Waals surface area contributed by atoms with Crippen molar-refractivity contribution in [3.8, 4) is 0 Å². The maximum Gasteiger partial charge on any atom is 0.0653 e. The Balaban J connectivity index is 1.95. The van der Waals surface area contributed by atoms with Gasteiger partial charge in [0.05, 0.1) is 5.60 Å². The Kier molecular flexibility index (Phi) is 3.94. The van der Waals surface area contributed by atoms with Crippen LogP contribution in [0.15, 0.2) is 0 Å². The van der Waals surface area contributed by atoms with E-state index in [1.807, 2.05) is 0 Å². The highest BCUT2D eigenvalue weighted by Crippen LogP contribution is 2.44. The monoisotopic (exact) mass is 224 g/mol. The van der Waals surface area contributed by atoms with Gasteiger partial charge < -0.3 is 5.11 Å². The predicted octanol–water partition coefficient (Wildman–Crippen LogP) is 4.14. The summed E-state index contributed by atoms with van der Waals surface area (Å²) >= 11 is 0. The first-order valence-corrected chi connectivity index (χ1v) is 7.36. The summed E-state index contributed by atoms with van der Waals surface area (Å²) in [4.78, 5) is 0. The van der Waals surface area contributed by atoms with Crippen LogP contribution in [-0.4, -0.2) is 10.7 Å². The normalized spacial score (nSPS) is 35.4. The Bertz CT molecular complexity index is 217. The van der Waals surface area contributed by atoms with Gasteiger partial charge >= 0.3 is 0 Å². The molecule has 0 amide bonds. The third-order valence-corrected chi connectivity index (χ3v) is 5.16. The van der Waals surface area contributed by atoms with Gasteiger partial charge in [-0.05, 0) is 37.5 Å². The molecular formula is C15H28O. The van der Waals surface area contributed by atoms with E-state index < -0.39 is 0 Å². The minimum atomic E-state index is -0.383. The van der Waals surface area contributed by atoms with Crippen LogP contribution in [0.5, 0.6) is 0 Å². The molecule has 0 aromatic heterocycles. The van der Waals surface area contributed by atoms with E-state index in [0.717, 1.165) is 18.3 Å². The van der Waals surface area contributed by atoms with Gasteiger partial charge in [-0.15, -0.1) is 0 Å². The zero-order valence-corrected chi connectivity index (χ0v) is 11.0. The van der Waals surface area contributed by atoms with E-state index >= 15 is 0 Å². The molecule has 3 unspecified atom stereocenters. The molecule has 0 radical (unpaired) electrons. The lowest BCUT2D eigenvalue weighted by molar-refractivity contribution is -0.0670. The Morgan fingerprint density at radius 1 is 1.06 bits per heavy atom. The highest BCUT2D eigenvalue weighted by Gasteiger charge is 2.40. The molecule has 1 heteroatoms. The molecule has 0 aliphatic heterocycles. The number of rotatable bonds is 4. The maximum atomic E-state index is 10.8. The summed E-state index contributed by atoms with van der Waals surface area (Å²) in [5.74, 6) is 2.19. The van der Waals surface area contributed by atoms with Gasteiger partial charge in [0.1, 0.15) is 0 Å². The average Bonchev–Trinajstić information content (AvgIpc) is 2.24. The fourth-order valence-electron chi connectivity index (χ4n) is 3.95. The van der Waals surface area contributed by atoms with Gasteiger partial charge in [-0.1, -0.05) is 51.9 Å². The van der Waals surface area contributed by atoms with Gasteiger partial charge in [0, 0.05) is 0 Å². The number of hydrogen-bond donors (Lipinski definition) is 1. The molecule has 2 fully saturated rings. The standard InChI is InChI=1S/C15H28O/c1-3-13-9-4-5-10-14(13)15(2,16)11-12-7-6-8-12/h12-14,16H,3-11H2,1-2H3. The van der Waals surface area contributed by atoms with Gasteiger partial charge in [-0.2, -0.15) is 0 Å². The van der Waals surface area contributed by atoms with E-state index in [4.69, 9.17) is 0 Å². The molecule has 0 bridgehead atoms. The Labute approximate surface area is 101 Å². The summed E-state index contributed by atoms with van der Waals surface area (Å²) in [5, 5.41) is 10.8. The quantitative estimate of drug-likeness (QED) is 0.760. The van der Waals surface area contributed by atoms with Crippen LogP contribution in [0.25, 0.3) is 0 Å². The molecule has 2 aliphatic rings. The van der Waals surface area contributed by atoms with Gasteiger partial charge in [0.25, 0.3) is 0 Å². The van der Waals surface area contributed by atoms with Crippen LogP contribution in [0.1, 0.15) is 71.6 Å². The first-order chi connectivity index (χ1) is 7.63. The van der Waals surface area contributed by atoms with Crippen molar-refractivity contribution in [3.05, 3.63) is 0 Å². The van der Waals surface area contributed by atoms with Crippen molar-refractivity contribution in [2.75, 3.05) is 0 Å². The molecule has 0 heterocycles. The van der Waals surface area contributed by atoms with Crippen molar-refractivity contribution in [1.82, 2.24) is 0 Å². The third kappa shape index (κ3) is 2.61. The van der Waals surface area contributed by atoms with E-state index in [9.17, 15) is 5.11 Å². The highest BCUT2D eigenvalue weighted by molar-refractivity contribution is 4.91. The molecule has 3 atom stereocenters. The molecule has 1 N–H and O–H groups in total. The summed E-state index contributed by atoms with van der Waals surface area (Å²) in [5.41, 5.74) is -0.383. The van der Waals surface area contributed by atoms with Crippen LogP contribution in [0.2, 0.25) is 0 Å². The number of aliphatic hydroxyl groups is 1. The predicted molar refractivity (Wildman–Crippen MR) is 68.3 cm³/mol. The Hall–Kier alpha value is -0.0400. The topological polar surface area (TPSA) is 20.2 Å². The molecule has 0 aromatic rings. The number of hydrogen-bond acceptors (Lipinski definition) is 1. The molecule has 2 rings (SSSR count). The smallest absolute Gasteiger partial charge is 0.0653 e. The van der Waals surface area contributed by atoms with E-state index in [1.165, 1.54) is 51.4 Å². The third-order valence-electron chi connectivity index (χ3n) is 5.16. The summed E-state index contributed by atoms with van der Waals surface area (Å²) in [6.07, 6.45) is 11.8. The lowest BCUT2D eigenvalue weighted by Gasteiger charge is -2.44. The summed E-state index contributed by atoms with van der Waals surface area (Å²) in [6, 6.07) is 0. The van der Waals surface area contributed by atoms with Gasteiger partial charge in [-0.3, -0.25) is 0 Å². The van der Waals surface area contributed by atoms with Crippen LogP contribution in [0.4, 0.5) is 0 Å². The van der Waals surface area contributed by atoms with Crippen molar-refractivity contribution >= 4 is 0 Å². The minimum Gasteiger partial charge on any atom is -0.390 e.